The maximum atomic E-state index is 13.6. The average molecular weight is 390 g/mol. The van der Waals surface area contributed by atoms with Gasteiger partial charge in [0.25, 0.3) is 0 Å². The highest BCUT2D eigenvalue weighted by Gasteiger charge is 2.13. The van der Waals surface area contributed by atoms with Crippen LogP contribution in [-0.4, -0.2) is 18.4 Å². The molecule has 0 aliphatic heterocycles. The van der Waals surface area contributed by atoms with Crippen LogP contribution in [0, 0.1) is 5.82 Å². The van der Waals surface area contributed by atoms with Crippen molar-refractivity contribution in [2.45, 2.75) is 6.92 Å². The number of rotatable bonds is 7. The topological polar surface area (TPSA) is 52.6 Å². The second-order valence-electron chi connectivity index (χ2n) is 6.09. The van der Waals surface area contributed by atoms with Crippen LogP contribution in [0.4, 0.5) is 4.39 Å². The van der Waals surface area contributed by atoms with Gasteiger partial charge in [-0.1, -0.05) is 30.3 Å². The molecule has 0 saturated carbocycles. The van der Waals surface area contributed by atoms with Crippen LogP contribution in [0.25, 0.3) is 6.08 Å². The minimum Gasteiger partial charge on any atom is -0.494 e. The third-order valence-electron chi connectivity index (χ3n) is 4.06. The fourth-order valence-electron chi connectivity index (χ4n) is 2.59. The lowest BCUT2D eigenvalue weighted by atomic mass is 10.1. The molecular formula is C24H19FO4. The molecule has 0 radical (unpaired) electrons. The zero-order valence-electron chi connectivity index (χ0n) is 15.8. The maximum absolute atomic E-state index is 13.6. The molecule has 3 aromatic rings. The SMILES string of the molecule is CCOc1ccc(C=CC(=O)c2ccc(OC(=O)c3ccccc3F)cc2)cc1. The lowest BCUT2D eigenvalue weighted by molar-refractivity contribution is 0.0730. The summed E-state index contributed by atoms with van der Waals surface area (Å²) in [5.74, 6) is -0.631. The summed E-state index contributed by atoms with van der Waals surface area (Å²) in [6.07, 6.45) is 3.18. The van der Waals surface area contributed by atoms with Gasteiger partial charge < -0.3 is 9.47 Å². The molecule has 0 bridgehead atoms. The summed E-state index contributed by atoms with van der Waals surface area (Å²) >= 11 is 0. The second kappa shape index (κ2) is 9.46. The van der Waals surface area contributed by atoms with Crippen LogP contribution >= 0.6 is 0 Å². The zero-order chi connectivity index (χ0) is 20.6. The molecule has 3 aromatic carbocycles. The minimum atomic E-state index is -0.794. The molecule has 0 amide bonds. The van der Waals surface area contributed by atoms with Crippen molar-refractivity contribution in [3.63, 3.8) is 0 Å². The van der Waals surface area contributed by atoms with E-state index in [1.807, 2.05) is 31.2 Å². The Morgan fingerprint density at radius 2 is 1.55 bits per heavy atom. The Morgan fingerprint density at radius 3 is 2.21 bits per heavy atom. The largest absolute Gasteiger partial charge is 0.494 e. The second-order valence-corrected chi connectivity index (χ2v) is 6.09. The molecule has 0 fully saturated rings. The number of benzene rings is 3. The van der Waals surface area contributed by atoms with E-state index < -0.39 is 11.8 Å². The third-order valence-corrected chi connectivity index (χ3v) is 4.06. The summed E-state index contributed by atoms with van der Waals surface area (Å²) < 4.78 is 24.2. The number of hydrogen-bond donors (Lipinski definition) is 0. The van der Waals surface area contributed by atoms with Crippen molar-refractivity contribution in [2.75, 3.05) is 6.61 Å². The molecule has 0 unspecified atom stereocenters. The summed E-state index contributed by atoms with van der Waals surface area (Å²) in [6.45, 7) is 2.51. The minimum absolute atomic E-state index is 0.147. The van der Waals surface area contributed by atoms with E-state index in [2.05, 4.69) is 0 Å². The van der Waals surface area contributed by atoms with E-state index in [1.54, 1.807) is 24.3 Å². The molecule has 0 spiro atoms. The standard InChI is InChI=1S/C24H19FO4/c1-2-28-19-12-7-17(8-13-19)9-16-23(26)18-10-14-20(15-11-18)29-24(27)21-5-3-4-6-22(21)25/h3-16H,2H2,1H3. The first kappa shape index (κ1) is 20.0. The van der Waals surface area contributed by atoms with Gasteiger partial charge in [0.1, 0.15) is 17.3 Å². The quantitative estimate of drug-likeness (QED) is 0.236. The van der Waals surface area contributed by atoms with Crippen molar-refractivity contribution in [1.29, 1.82) is 0 Å². The van der Waals surface area contributed by atoms with E-state index >= 15 is 0 Å². The molecule has 0 N–H and O–H groups in total. The van der Waals surface area contributed by atoms with Crippen LogP contribution in [0.1, 0.15) is 33.2 Å². The van der Waals surface area contributed by atoms with Crippen molar-refractivity contribution in [3.8, 4) is 11.5 Å². The lowest BCUT2D eigenvalue weighted by Crippen LogP contribution is -2.10. The van der Waals surface area contributed by atoms with Crippen molar-refractivity contribution in [2.24, 2.45) is 0 Å². The maximum Gasteiger partial charge on any atom is 0.346 e. The van der Waals surface area contributed by atoms with E-state index in [4.69, 9.17) is 9.47 Å². The number of hydrogen-bond acceptors (Lipinski definition) is 4. The normalized spacial score (nSPS) is 10.7. The number of ether oxygens (including phenoxy) is 2. The first-order valence-electron chi connectivity index (χ1n) is 9.09. The number of carbonyl (C=O) groups excluding carboxylic acids is 2. The summed E-state index contributed by atoms with van der Waals surface area (Å²) in [4.78, 5) is 24.3. The zero-order valence-corrected chi connectivity index (χ0v) is 15.8. The highest BCUT2D eigenvalue weighted by molar-refractivity contribution is 6.06. The Hall–Kier alpha value is -3.73. The Bertz CT molecular complexity index is 1020. The molecule has 0 saturated heterocycles. The van der Waals surface area contributed by atoms with Gasteiger partial charge in [-0.25, -0.2) is 9.18 Å². The number of carbonyl (C=O) groups is 2. The monoisotopic (exact) mass is 390 g/mol. The number of esters is 1. The molecular weight excluding hydrogens is 371 g/mol. The highest BCUT2D eigenvalue weighted by Crippen LogP contribution is 2.17. The van der Waals surface area contributed by atoms with Gasteiger partial charge in [0.15, 0.2) is 5.78 Å². The molecule has 5 heteroatoms. The number of halogens is 1. The van der Waals surface area contributed by atoms with Crippen LogP contribution in [0.2, 0.25) is 0 Å². The van der Waals surface area contributed by atoms with Gasteiger partial charge in [0.2, 0.25) is 0 Å². The van der Waals surface area contributed by atoms with Crippen LogP contribution in [-0.2, 0) is 0 Å². The van der Waals surface area contributed by atoms with E-state index in [0.717, 1.165) is 11.3 Å². The Kier molecular flexibility index (Phi) is 6.53. The van der Waals surface area contributed by atoms with E-state index in [-0.39, 0.29) is 17.1 Å². The van der Waals surface area contributed by atoms with Crippen molar-refractivity contribution < 1.29 is 23.5 Å². The molecule has 146 valence electrons. The van der Waals surface area contributed by atoms with Crippen LogP contribution in [0.5, 0.6) is 11.5 Å². The van der Waals surface area contributed by atoms with Gasteiger partial charge in [-0.15, -0.1) is 0 Å². The smallest absolute Gasteiger partial charge is 0.346 e. The molecule has 0 atom stereocenters. The van der Waals surface area contributed by atoms with E-state index in [0.29, 0.717) is 12.2 Å². The van der Waals surface area contributed by atoms with E-state index in [9.17, 15) is 14.0 Å². The van der Waals surface area contributed by atoms with Crippen molar-refractivity contribution in [1.82, 2.24) is 0 Å². The third kappa shape index (κ3) is 5.39. The first-order chi connectivity index (χ1) is 14.1. The summed E-state index contributed by atoms with van der Waals surface area (Å²) in [5.41, 5.74) is 1.17. The Morgan fingerprint density at radius 1 is 0.897 bits per heavy atom. The van der Waals surface area contributed by atoms with Gasteiger partial charge in [-0.05, 0) is 67.1 Å². The van der Waals surface area contributed by atoms with Gasteiger partial charge >= 0.3 is 5.97 Å². The molecule has 29 heavy (non-hydrogen) atoms. The van der Waals surface area contributed by atoms with Crippen LogP contribution in [0.3, 0.4) is 0 Å². The number of ketones is 1. The fourth-order valence-corrected chi connectivity index (χ4v) is 2.59. The molecule has 0 aliphatic rings. The fraction of sp³-hybridized carbons (Fsp3) is 0.0833. The lowest BCUT2D eigenvalue weighted by Gasteiger charge is -2.05. The number of allylic oxidation sites excluding steroid dienone is 1. The van der Waals surface area contributed by atoms with Gasteiger partial charge in [0.05, 0.1) is 12.2 Å². The molecule has 0 heterocycles. The van der Waals surface area contributed by atoms with Gasteiger partial charge in [0, 0.05) is 5.56 Å². The molecule has 0 aromatic heterocycles. The summed E-state index contributed by atoms with van der Waals surface area (Å²) in [7, 11) is 0. The molecule has 4 nitrogen and oxygen atoms in total. The van der Waals surface area contributed by atoms with Crippen molar-refractivity contribution >= 4 is 17.8 Å². The first-order valence-corrected chi connectivity index (χ1v) is 9.09. The molecule has 3 rings (SSSR count). The Balaban J connectivity index is 1.62. The predicted octanol–water partition coefficient (Wildman–Crippen LogP) is 5.34. The van der Waals surface area contributed by atoms with Crippen LogP contribution in [0.15, 0.2) is 78.9 Å². The highest BCUT2D eigenvalue weighted by atomic mass is 19.1. The van der Waals surface area contributed by atoms with Gasteiger partial charge in [-0.3, -0.25) is 4.79 Å². The van der Waals surface area contributed by atoms with Crippen molar-refractivity contribution in [3.05, 3.63) is 101 Å². The Labute approximate surface area is 168 Å². The molecule has 0 aliphatic carbocycles. The summed E-state index contributed by atoms with van der Waals surface area (Å²) in [5, 5.41) is 0. The van der Waals surface area contributed by atoms with Crippen LogP contribution < -0.4 is 9.47 Å². The summed E-state index contributed by atoms with van der Waals surface area (Å²) in [6, 6.07) is 19.1. The van der Waals surface area contributed by atoms with E-state index in [1.165, 1.54) is 36.4 Å². The predicted molar refractivity (Wildman–Crippen MR) is 109 cm³/mol. The van der Waals surface area contributed by atoms with Gasteiger partial charge in [-0.2, -0.15) is 0 Å². The average Bonchev–Trinajstić information content (AvgIpc) is 2.74.